The Balaban J connectivity index is 1.29. The van der Waals surface area contributed by atoms with E-state index in [1.54, 1.807) is 25.6 Å². The summed E-state index contributed by atoms with van der Waals surface area (Å²) in [5.41, 5.74) is 4.23. The van der Waals surface area contributed by atoms with Crippen molar-refractivity contribution in [3.05, 3.63) is 72.3 Å². The molecule has 0 unspecified atom stereocenters. The van der Waals surface area contributed by atoms with Crippen molar-refractivity contribution in [1.82, 2.24) is 25.3 Å². The standard InChI is InChI=1S/C26H27N7O2/c1-16(19-4-3-5-20-21(26(34)27-2)8-9-28-25(19)20)11-29-24-10-22(31-15-32-24)17-6-7-23(30-12-17)33-18-13-35-14-18/h3-10,12,15-16,18H,11,13-14H2,1-2H3,(H,27,34)(H,30,33)(H,29,31,32)/t16-/m1/s1. The number of aromatic nitrogens is 4. The molecule has 0 spiro atoms. The van der Waals surface area contributed by atoms with Gasteiger partial charge in [-0.2, -0.15) is 0 Å². The monoisotopic (exact) mass is 469 g/mol. The van der Waals surface area contributed by atoms with Crippen molar-refractivity contribution >= 4 is 28.4 Å². The number of fused-ring (bicyclic) bond motifs is 1. The van der Waals surface area contributed by atoms with E-state index >= 15 is 0 Å². The summed E-state index contributed by atoms with van der Waals surface area (Å²) in [7, 11) is 1.63. The minimum absolute atomic E-state index is 0.121. The van der Waals surface area contributed by atoms with E-state index in [4.69, 9.17) is 4.74 Å². The molecule has 0 saturated carbocycles. The number of anilines is 2. The van der Waals surface area contributed by atoms with E-state index in [1.807, 2.05) is 36.5 Å². The van der Waals surface area contributed by atoms with Crippen molar-refractivity contribution in [2.75, 3.05) is 37.4 Å². The van der Waals surface area contributed by atoms with Crippen molar-refractivity contribution in [2.24, 2.45) is 0 Å². The van der Waals surface area contributed by atoms with E-state index in [0.29, 0.717) is 31.4 Å². The minimum atomic E-state index is -0.121. The zero-order valence-electron chi connectivity index (χ0n) is 19.7. The summed E-state index contributed by atoms with van der Waals surface area (Å²) >= 11 is 0. The number of benzene rings is 1. The largest absolute Gasteiger partial charge is 0.377 e. The van der Waals surface area contributed by atoms with Crippen LogP contribution in [0.5, 0.6) is 0 Å². The van der Waals surface area contributed by atoms with Crippen molar-refractivity contribution < 1.29 is 9.53 Å². The van der Waals surface area contributed by atoms with E-state index in [-0.39, 0.29) is 11.8 Å². The van der Waals surface area contributed by atoms with Crippen LogP contribution in [0.4, 0.5) is 11.6 Å². The number of pyridine rings is 2. The fraction of sp³-hybridized carbons (Fsp3) is 0.269. The molecule has 9 nitrogen and oxygen atoms in total. The molecule has 4 heterocycles. The van der Waals surface area contributed by atoms with Gasteiger partial charge in [-0.15, -0.1) is 0 Å². The van der Waals surface area contributed by atoms with E-state index in [0.717, 1.165) is 39.4 Å². The van der Waals surface area contributed by atoms with Crippen LogP contribution in [0.25, 0.3) is 22.2 Å². The fourth-order valence-corrected chi connectivity index (χ4v) is 4.07. The van der Waals surface area contributed by atoms with Crippen LogP contribution in [0.1, 0.15) is 28.8 Å². The Morgan fingerprint density at radius 3 is 2.71 bits per heavy atom. The van der Waals surface area contributed by atoms with Crippen LogP contribution >= 0.6 is 0 Å². The van der Waals surface area contributed by atoms with Gasteiger partial charge in [-0.1, -0.05) is 25.1 Å². The molecule has 0 radical (unpaired) electrons. The maximum absolute atomic E-state index is 12.3. The Bertz CT molecular complexity index is 1340. The first-order valence-electron chi connectivity index (χ1n) is 11.6. The molecule has 0 aliphatic carbocycles. The van der Waals surface area contributed by atoms with Gasteiger partial charge in [-0.3, -0.25) is 9.78 Å². The molecule has 35 heavy (non-hydrogen) atoms. The number of hydrogen-bond donors (Lipinski definition) is 3. The average molecular weight is 470 g/mol. The Morgan fingerprint density at radius 2 is 1.97 bits per heavy atom. The van der Waals surface area contributed by atoms with Gasteiger partial charge < -0.3 is 20.7 Å². The van der Waals surface area contributed by atoms with Gasteiger partial charge in [-0.25, -0.2) is 15.0 Å². The van der Waals surface area contributed by atoms with Gasteiger partial charge >= 0.3 is 0 Å². The number of carbonyl (C=O) groups is 1. The zero-order valence-corrected chi connectivity index (χ0v) is 19.7. The van der Waals surface area contributed by atoms with Gasteiger partial charge in [-0.05, 0) is 23.8 Å². The molecule has 1 amide bonds. The highest BCUT2D eigenvalue weighted by Gasteiger charge is 2.18. The summed E-state index contributed by atoms with van der Waals surface area (Å²) in [6, 6.07) is 13.9. The quantitative estimate of drug-likeness (QED) is 0.359. The average Bonchev–Trinajstić information content (AvgIpc) is 2.88. The smallest absolute Gasteiger partial charge is 0.251 e. The molecule has 1 fully saturated rings. The summed E-state index contributed by atoms with van der Waals surface area (Å²) in [6.45, 7) is 4.20. The molecule has 1 aliphatic heterocycles. The summed E-state index contributed by atoms with van der Waals surface area (Å²) in [4.78, 5) is 30.1. The summed E-state index contributed by atoms with van der Waals surface area (Å²) < 4.78 is 5.19. The Kier molecular flexibility index (Phi) is 6.49. The summed E-state index contributed by atoms with van der Waals surface area (Å²) in [5, 5.41) is 10.3. The second-order valence-electron chi connectivity index (χ2n) is 8.56. The SMILES string of the molecule is CNC(=O)c1ccnc2c([C@H](C)CNc3cc(-c4ccc(NC5COC5)nc4)ncn3)cccc12. The number of amides is 1. The predicted molar refractivity (Wildman–Crippen MR) is 136 cm³/mol. The van der Waals surface area contributed by atoms with Gasteiger partial charge in [0.2, 0.25) is 0 Å². The third kappa shape index (κ3) is 4.90. The first-order valence-corrected chi connectivity index (χ1v) is 11.6. The molecular formula is C26H27N7O2. The van der Waals surface area contributed by atoms with Crippen molar-refractivity contribution in [2.45, 2.75) is 18.9 Å². The third-order valence-electron chi connectivity index (χ3n) is 6.11. The number of rotatable bonds is 8. The van der Waals surface area contributed by atoms with Crippen LogP contribution < -0.4 is 16.0 Å². The first kappa shape index (κ1) is 22.7. The van der Waals surface area contributed by atoms with Crippen LogP contribution in [0.2, 0.25) is 0 Å². The van der Waals surface area contributed by atoms with Crippen molar-refractivity contribution in [1.29, 1.82) is 0 Å². The molecule has 1 aromatic carbocycles. The van der Waals surface area contributed by atoms with E-state index in [9.17, 15) is 4.79 Å². The van der Waals surface area contributed by atoms with Crippen LogP contribution in [0, 0.1) is 0 Å². The van der Waals surface area contributed by atoms with Gasteiger partial charge in [0, 0.05) is 48.9 Å². The van der Waals surface area contributed by atoms with Gasteiger partial charge in [0.15, 0.2) is 0 Å². The molecule has 3 aromatic heterocycles. The van der Waals surface area contributed by atoms with Crippen LogP contribution in [0.15, 0.2) is 61.2 Å². The Hall–Kier alpha value is -4.11. The molecule has 9 heteroatoms. The van der Waals surface area contributed by atoms with Gasteiger partial charge in [0.1, 0.15) is 18.0 Å². The summed E-state index contributed by atoms with van der Waals surface area (Å²) in [5.74, 6) is 1.57. The number of ether oxygens (including phenoxy) is 1. The van der Waals surface area contributed by atoms with E-state index in [1.165, 1.54) is 0 Å². The molecule has 1 aliphatic rings. The highest BCUT2D eigenvalue weighted by molar-refractivity contribution is 6.06. The van der Waals surface area contributed by atoms with E-state index < -0.39 is 0 Å². The minimum Gasteiger partial charge on any atom is -0.377 e. The van der Waals surface area contributed by atoms with Crippen molar-refractivity contribution in [3.63, 3.8) is 0 Å². The fourth-order valence-electron chi connectivity index (χ4n) is 4.07. The molecule has 178 valence electrons. The zero-order chi connectivity index (χ0) is 24.2. The lowest BCUT2D eigenvalue weighted by molar-refractivity contribution is 0.0209. The molecule has 0 bridgehead atoms. The van der Waals surface area contributed by atoms with E-state index in [2.05, 4.69) is 48.9 Å². The van der Waals surface area contributed by atoms with Crippen LogP contribution in [-0.4, -0.2) is 58.7 Å². The number of nitrogens with zero attached hydrogens (tertiary/aromatic N) is 4. The molecule has 5 rings (SSSR count). The number of para-hydroxylation sites is 1. The lowest BCUT2D eigenvalue weighted by Gasteiger charge is -2.27. The van der Waals surface area contributed by atoms with Crippen molar-refractivity contribution in [3.8, 4) is 11.3 Å². The Morgan fingerprint density at radius 1 is 1.09 bits per heavy atom. The number of nitrogens with one attached hydrogen (secondary N) is 3. The number of carbonyl (C=O) groups excluding carboxylic acids is 1. The number of hydrogen-bond acceptors (Lipinski definition) is 8. The molecule has 1 atom stereocenters. The first-order chi connectivity index (χ1) is 17.1. The van der Waals surface area contributed by atoms with Gasteiger partial charge in [0.25, 0.3) is 5.91 Å². The highest BCUT2D eigenvalue weighted by atomic mass is 16.5. The molecule has 1 saturated heterocycles. The normalized spacial score (nSPS) is 14.2. The maximum Gasteiger partial charge on any atom is 0.251 e. The highest BCUT2D eigenvalue weighted by Crippen LogP contribution is 2.27. The lowest BCUT2D eigenvalue weighted by atomic mass is 9.96. The second-order valence-corrected chi connectivity index (χ2v) is 8.56. The molecular weight excluding hydrogens is 442 g/mol. The molecule has 3 N–H and O–H groups in total. The predicted octanol–water partition coefficient (Wildman–Crippen LogP) is 3.47. The summed E-state index contributed by atoms with van der Waals surface area (Å²) in [6.07, 6.45) is 5.04. The van der Waals surface area contributed by atoms with Crippen LogP contribution in [0.3, 0.4) is 0 Å². The van der Waals surface area contributed by atoms with Crippen LogP contribution in [-0.2, 0) is 4.74 Å². The third-order valence-corrected chi connectivity index (χ3v) is 6.11. The Labute approximate surface area is 203 Å². The maximum atomic E-state index is 12.3. The molecule has 4 aromatic rings. The topological polar surface area (TPSA) is 114 Å². The lowest BCUT2D eigenvalue weighted by Crippen LogP contribution is -2.40. The second kappa shape index (κ2) is 10.0. The van der Waals surface area contributed by atoms with Gasteiger partial charge in [0.05, 0.1) is 36.0 Å².